The van der Waals surface area contributed by atoms with Crippen LogP contribution in [-0.2, 0) is 4.79 Å². The van der Waals surface area contributed by atoms with Crippen molar-refractivity contribution in [2.45, 2.75) is 20.8 Å². The number of hydrogen-bond donors (Lipinski definition) is 2. The van der Waals surface area contributed by atoms with E-state index in [2.05, 4.69) is 24.5 Å². The van der Waals surface area contributed by atoms with Crippen molar-refractivity contribution in [1.29, 1.82) is 0 Å². The minimum Gasteiger partial charge on any atom is -0.325 e. The summed E-state index contributed by atoms with van der Waals surface area (Å²) in [5.41, 5.74) is 4.52. The number of benzene rings is 1. The van der Waals surface area contributed by atoms with E-state index < -0.39 is 0 Å². The molecule has 0 bridgehead atoms. The van der Waals surface area contributed by atoms with Crippen LogP contribution in [0.1, 0.15) is 16.7 Å². The van der Waals surface area contributed by atoms with E-state index in [1.54, 1.807) is 7.05 Å². The molecule has 1 amide bonds. The summed E-state index contributed by atoms with van der Waals surface area (Å²) < 4.78 is 0. The summed E-state index contributed by atoms with van der Waals surface area (Å²) >= 11 is 0. The maximum Gasteiger partial charge on any atom is 0.238 e. The van der Waals surface area contributed by atoms with Gasteiger partial charge in [0.1, 0.15) is 0 Å². The lowest BCUT2D eigenvalue weighted by molar-refractivity contribution is -0.115. The smallest absolute Gasteiger partial charge is 0.238 e. The van der Waals surface area contributed by atoms with Crippen LogP contribution < -0.4 is 10.6 Å². The topological polar surface area (TPSA) is 41.1 Å². The Kier molecular flexibility index (Phi) is 3.86. The lowest BCUT2D eigenvalue weighted by atomic mass is 10.0. The van der Waals surface area contributed by atoms with Crippen LogP contribution in [0.25, 0.3) is 0 Å². The highest BCUT2D eigenvalue weighted by molar-refractivity contribution is 5.93. The molecule has 0 atom stereocenters. The Morgan fingerprint density at radius 2 is 1.87 bits per heavy atom. The van der Waals surface area contributed by atoms with Crippen molar-refractivity contribution < 1.29 is 4.79 Å². The first-order chi connectivity index (χ1) is 7.06. The molecule has 0 saturated heterocycles. The van der Waals surface area contributed by atoms with E-state index in [0.717, 1.165) is 11.3 Å². The molecule has 0 aliphatic heterocycles. The van der Waals surface area contributed by atoms with Gasteiger partial charge in [-0.2, -0.15) is 0 Å². The van der Waals surface area contributed by atoms with E-state index in [4.69, 9.17) is 0 Å². The maximum absolute atomic E-state index is 11.4. The summed E-state index contributed by atoms with van der Waals surface area (Å²) in [6.07, 6.45) is 0. The third kappa shape index (κ3) is 2.80. The van der Waals surface area contributed by atoms with Crippen LogP contribution in [0.4, 0.5) is 5.69 Å². The fourth-order valence-electron chi connectivity index (χ4n) is 1.45. The summed E-state index contributed by atoms with van der Waals surface area (Å²) in [7, 11) is 1.76. The van der Waals surface area contributed by atoms with Crippen molar-refractivity contribution in [2.75, 3.05) is 18.9 Å². The third-order valence-electron chi connectivity index (χ3n) is 2.67. The molecule has 0 spiro atoms. The van der Waals surface area contributed by atoms with Gasteiger partial charge in [0, 0.05) is 5.69 Å². The molecule has 0 saturated carbocycles. The zero-order valence-electron chi connectivity index (χ0n) is 9.77. The molecule has 82 valence electrons. The standard InChI is InChI=1S/C12H18N2O/c1-8-5-6-11(10(3)9(8)2)14-12(15)7-13-4/h5-6,13H,7H2,1-4H3,(H,14,15). The monoisotopic (exact) mass is 206 g/mol. The van der Waals surface area contributed by atoms with Gasteiger partial charge < -0.3 is 10.6 Å². The molecule has 1 aromatic carbocycles. The second-order valence-corrected chi connectivity index (χ2v) is 3.76. The van der Waals surface area contributed by atoms with E-state index >= 15 is 0 Å². The molecule has 0 unspecified atom stereocenters. The SMILES string of the molecule is CNCC(=O)Nc1ccc(C)c(C)c1C. The van der Waals surface area contributed by atoms with Crippen LogP contribution in [0.2, 0.25) is 0 Å². The molecular formula is C12H18N2O. The number of hydrogen-bond acceptors (Lipinski definition) is 2. The summed E-state index contributed by atoms with van der Waals surface area (Å²) in [5, 5.41) is 5.70. The zero-order chi connectivity index (χ0) is 11.4. The summed E-state index contributed by atoms with van der Waals surface area (Å²) in [5.74, 6) is -0.0103. The van der Waals surface area contributed by atoms with Crippen LogP contribution in [0, 0.1) is 20.8 Å². The molecule has 0 aliphatic rings. The number of carbonyl (C=O) groups excluding carboxylic acids is 1. The molecule has 2 N–H and O–H groups in total. The largest absolute Gasteiger partial charge is 0.325 e. The number of carbonyl (C=O) groups is 1. The van der Waals surface area contributed by atoms with Crippen molar-refractivity contribution in [2.24, 2.45) is 0 Å². The average molecular weight is 206 g/mol. The number of likely N-dealkylation sites (N-methyl/N-ethyl adjacent to an activating group) is 1. The van der Waals surface area contributed by atoms with E-state index in [1.807, 2.05) is 19.1 Å². The lowest BCUT2D eigenvalue weighted by Crippen LogP contribution is -2.25. The van der Waals surface area contributed by atoms with E-state index in [9.17, 15) is 4.79 Å². The van der Waals surface area contributed by atoms with Gasteiger partial charge in [-0.1, -0.05) is 6.07 Å². The fourth-order valence-corrected chi connectivity index (χ4v) is 1.45. The summed E-state index contributed by atoms with van der Waals surface area (Å²) in [4.78, 5) is 11.4. The Labute approximate surface area is 90.9 Å². The molecule has 1 aromatic rings. The normalized spacial score (nSPS) is 10.1. The Hall–Kier alpha value is -1.35. The van der Waals surface area contributed by atoms with Crippen molar-refractivity contribution >= 4 is 11.6 Å². The molecule has 0 heterocycles. The number of aryl methyl sites for hydroxylation is 1. The Morgan fingerprint density at radius 1 is 1.20 bits per heavy atom. The molecule has 15 heavy (non-hydrogen) atoms. The van der Waals surface area contributed by atoms with Crippen LogP contribution in [0.5, 0.6) is 0 Å². The van der Waals surface area contributed by atoms with Gasteiger partial charge in [0.15, 0.2) is 0 Å². The summed E-state index contributed by atoms with van der Waals surface area (Å²) in [6.45, 7) is 6.50. The average Bonchev–Trinajstić information content (AvgIpc) is 2.20. The minimum absolute atomic E-state index is 0.0103. The van der Waals surface area contributed by atoms with Crippen molar-refractivity contribution in [1.82, 2.24) is 5.32 Å². The quantitative estimate of drug-likeness (QED) is 0.791. The van der Waals surface area contributed by atoms with Gasteiger partial charge in [-0.05, 0) is 50.6 Å². The van der Waals surface area contributed by atoms with E-state index in [0.29, 0.717) is 6.54 Å². The Balaban J connectivity index is 2.87. The van der Waals surface area contributed by atoms with Crippen LogP contribution in [0.3, 0.4) is 0 Å². The molecule has 0 fully saturated rings. The number of amides is 1. The van der Waals surface area contributed by atoms with Gasteiger partial charge in [0.05, 0.1) is 6.54 Å². The van der Waals surface area contributed by atoms with Crippen molar-refractivity contribution in [3.8, 4) is 0 Å². The fraction of sp³-hybridized carbons (Fsp3) is 0.417. The van der Waals surface area contributed by atoms with Crippen molar-refractivity contribution in [3.63, 3.8) is 0 Å². The molecule has 3 heteroatoms. The predicted octanol–water partition coefficient (Wildman–Crippen LogP) is 1.77. The van der Waals surface area contributed by atoms with E-state index in [-0.39, 0.29) is 5.91 Å². The van der Waals surface area contributed by atoms with Crippen LogP contribution in [0.15, 0.2) is 12.1 Å². The molecule has 0 radical (unpaired) electrons. The molecule has 3 nitrogen and oxygen atoms in total. The first-order valence-corrected chi connectivity index (χ1v) is 5.07. The Morgan fingerprint density at radius 3 is 2.47 bits per heavy atom. The van der Waals surface area contributed by atoms with Gasteiger partial charge in [-0.15, -0.1) is 0 Å². The second-order valence-electron chi connectivity index (χ2n) is 3.76. The first kappa shape index (κ1) is 11.7. The molecular weight excluding hydrogens is 188 g/mol. The van der Waals surface area contributed by atoms with Gasteiger partial charge in [-0.25, -0.2) is 0 Å². The number of nitrogens with one attached hydrogen (secondary N) is 2. The first-order valence-electron chi connectivity index (χ1n) is 5.07. The van der Waals surface area contributed by atoms with E-state index in [1.165, 1.54) is 11.1 Å². The molecule has 1 rings (SSSR count). The van der Waals surface area contributed by atoms with Crippen molar-refractivity contribution in [3.05, 3.63) is 28.8 Å². The van der Waals surface area contributed by atoms with Gasteiger partial charge in [-0.3, -0.25) is 4.79 Å². The van der Waals surface area contributed by atoms with Crippen LogP contribution >= 0.6 is 0 Å². The summed E-state index contributed by atoms with van der Waals surface area (Å²) in [6, 6.07) is 3.97. The second kappa shape index (κ2) is 4.94. The van der Waals surface area contributed by atoms with Gasteiger partial charge in [0.2, 0.25) is 5.91 Å². The molecule has 0 aliphatic carbocycles. The highest BCUT2D eigenvalue weighted by Gasteiger charge is 2.06. The van der Waals surface area contributed by atoms with Gasteiger partial charge >= 0.3 is 0 Å². The highest BCUT2D eigenvalue weighted by atomic mass is 16.1. The number of anilines is 1. The predicted molar refractivity (Wildman–Crippen MR) is 63.2 cm³/mol. The lowest BCUT2D eigenvalue weighted by Gasteiger charge is -2.12. The van der Waals surface area contributed by atoms with Gasteiger partial charge in [0.25, 0.3) is 0 Å². The Bertz CT molecular complexity index is 372. The minimum atomic E-state index is -0.0103. The third-order valence-corrected chi connectivity index (χ3v) is 2.67. The number of rotatable bonds is 3. The zero-order valence-corrected chi connectivity index (χ0v) is 9.77. The van der Waals surface area contributed by atoms with Crippen LogP contribution in [-0.4, -0.2) is 19.5 Å². The molecule has 0 aromatic heterocycles. The highest BCUT2D eigenvalue weighted by Crippen LogP contribution is 2.21. The maximum atomic E-state index is 11.4.